The summed E-state index contributed by atoms with van der Waals surface area (Å²) in [6.07, 6.45) is 7.73. The van der Waals surface area contributed by atoms with Gasteiger partial charge in [-0.2, -0.15) is 17.6 Å². The quantitative estimate of drug-likeness (QED) is 0.286. The number of carbonyl (C=O) groups is 3. The molecule has 0 aromatic heterocycles. The van der Waals surface area contributed by atoms with Gasteiger partial charge >= 0.3 is 12.1 Å². The third-order valence-corrected chi connectivity index (χ3v) is 7.58. The molecule has 3 aliphatic rings. The number of piperidine rings is 1. The molecular weight excluding hydrogens is 559 g/mol. The van der Waals surface area contributed by atoms with E-state index in [2.05, 4.69) is 0 Å². The van der Waals surface area contributed by atoms with E-state index in [0.717, 1.165) is 18.4 Å². The van der Waals surface area contributed by atoms with Crippen LogP contribution < -0.4 is 0 Å². The molecule has 1 aromatic rings. The van der Waals surface area contributed by atoms with E-state index in [1.54, 1.807) is 54.6 Å². The maximum atomic E-state index is 14.9. The molecule has 9 nitrogen and oxygen atoms in total. The van der Waals surface area contributed by atoms with E-state index >= 15 is 0 Å². The van der Waals surface area contributed by atoms with Gasteiger partial charge in [0.25, 0.3) is 0 Å². The van der Waals surface area contributed by atoms with Crippen LogP contribution in [0.25, 0.3) is 0 Å². The summed E-state index contributed by atoms with van der Waals surface area (Å²) in [5.41, 5.74) is 1.33. The van der Waals surface area contributed by atoms with Crippen LogP contribution in [-0.4, -0.2) is 76.0 Å². The van der Waals surface area contributed by atoms with Crippen LogP contribution in [0.15, 0.2) is 48.4 Å². The summed E-state index contributed by atoms with van der Waals surface area (Å²) in [5, 5.41) is 4.74. The van der Waals surface area contributed by atoms with Gasteiger partial charge in [0, 0.05) is 61.4 Å². The maximum Gasteiger partial charge on any atom is 0.430 e. The maximum absolute atomic E-state index is 14.9. The number of carbonyl (C=O) groups excluding carboxylic acids is 3. The van der Waals surface area contributed by atoms with Crippen LogP contribution in [0, 0.1) is 11.7 Å². The summed E-state index contributed by atoms with van der Waals surface area (Å²) in [6.45, 7) is 5.42. The number of benzene rings is 1. The molecule has 0 bridgehead atoms. The molecule has 2 aliphatic heterocycles. The molecule has 2 unspecified atom stereocenters. The SMILES string of the molecule is CCOC(=O)CCCN1N(C=C2CN(C(C(=O)C3CC3)c3ccccc3F)CCC2S)C=CN1C(=O)OCC.Cl. The summed E-state index contributed by atoms with van der Waals surface area (Å²) in [4.78, 5) is 39.9. The predicted molar refractivity (Wildman–Crippen MR) is 154 cm³/mol. The van der Waals surface area contributed by atoms with Gasteiger partial charge in [-0.15, -0.1) is 17.5 Å². The lowest BCUT2D eigenvalue weighted by Gasteiger charge is -2.39. The Morgan fingerprint density at radius 1 is 1.10 bits per heavy atom. The Bertz CT molecular complexity index is 1120. The molecule has 2 atom stereocenters. The third-order valence-electron chi connectivity index (χ3n) is 6.99. The largest absolute Gasteiger partial charge is 0.466 e. The minimum Gasteiger partial charge on any atom is -0.466 e. The van der Waals surface area contributed by atoms with Gasteiger partial charge in [-0.25, -0.2) is 9.18 Å². The van der Waals surface area contributed by atoms with Crippen molar-refractivity contribution in [1.29, 1.82) is 0 Å². The van der Waals surface area contributed by atoms with Crippen molar-refractivity contribution in [3.05, 3.63) is 59.8 Å². The van der Waals surface area contributed by atoms with Crippen LogP contribution in [0.1, 0.15) is 57.6 Å². The molecular formula is C28H38ClFN4O5S. The number of hydrogen-bond donors (Lipinski definition) is 1. The van der Waals surface area contributed by atoms with E-state index in [4.69, 9.17) is 22.1 Å². The fourth-order valence-electron chi connectivity index (χ4n) is 4.90. The number of likely N-dealkylation sites (tertiary alicyclic amines) is 1. The molecule has 1 aromatic carbocycles. The molecule has 220 valence electrons. The number of halogens is 2. The van der Waals surface area contributed by atoms with E-state index < -0.39 is 12.1 Å². The summed E-state index contributed by atoms with van der Waals surface area (Å²) >= 11 is 4.81. The van der Waals surface area contributed by atoms with Gasteiger partial charge in [0.1, 0.15) is 5.82 Å². The summed E-state index contributed by atoms with van der Waals surface area (Å²) in [6, 6.07) is 5.84. The highest BCUT2D eigenvalue weighted by atomic mass is 35.5. The molecule has 1 amide bonds. The fourth-order valence-corrected chi connectivity index (χ4v) is 5.16. The van der Waals surface area contributed by atoms with Gasteiger partial charge in [0.2, 0.25) is 0 Å². The summed E-state index contributed by atoms with van der Waals surface area (Å²) in [7, 11) is 0. The molecule has 1 saturated carbocycles. The molecule has 4 rings (SSSR count). The van der Waals surface area contributed by atoms with Gasteiger partial charge in [-0.1, -0.05) is 18.2 Å². The minimum atomic E-state index is -0.659. The van der Waals surface area contributed by atoms with Crippen LogP contribution in [0.3, 0.4) is 0 Å². The van der Waals surface area contributed by atoms with Crippen molar-refractivity contribution in [2.45, 2.75) is 57.2 Å². The lowest BCUT2D eigenvalue weighted by Crippen LogP contribution is -2.47. The molecule has 0 radical (unpaired) electrons. The van der Waals surface area contributed by atoms with Gasteiger partial charge < -0.3 is 9.47 Å². The minimum absolute atomic E-state index is 0. The molecule has 0 N–H and O–H groups in total. The second-order valence-corrected chi connectivity index (χ2v) is 10.4. The first-order valence-electron chi connectivity index (χ1n) is 13.6. The monoisotopic (exact) mass is 596 g/mol. The zero-order valence-electron chi connectivity index (χ0n) is 22.9. The van der Waals surface area contributed by atoms with Crippen molar-refractivity contribution < 1.29 is 28.2 Å². The van der Waals surface area contributed by atoms with Gasteiger partial charge in [-0.3, -0.25) is 19.5 Å². The molecule has 2 fully saturated rings. The van der Waals surface area contributed by atoms with Gasteiger partial charge in [0.15, 0.2) is 5.78 Å². The Kier molecular flexibility index (Phi) is 11.9. The number of Topliss-reactive ketones (excluding diaryl/α,β-unsaturated/α-hetero) is 1. The second-order valence-electron chi connectivity index (χ2n) is 9.81. The average Bonchev–Trinajstić information content (AvgIpc) is 3.69. The van der Waals surface area contributed by atoms with Crippen LogP contribution in [-0.2, 0) is 19.1 Å². The first-order valence-corrected chi connectivity index (χ1v) is 14.1. The smallest absolute Gasteiger partial charge is 0.430 e. The van der Waals surface area contributed by atoms with E-state index in [9.17, 15) is 18.8 Å². The number of rotatable bonds is 11. The molecule has 1 saturated heterocycles. The summed E-state index contributed by atoms with van der Waals surface area (Å²) < 4.78 is 25.1. The molecule has 0 spiro atoms. The van der Waals surface area contributed by atoms with E-state index in [0.29, 0.717) is 44.6 Å². The molecule has 12 heteroatoms. The first-order chi connectivity index (χ1) is 18.8. The standard InChI is InChI=1S/C28H37FN4O5S.ClH/c1-3-37-25(34)10-7-14-33-31(16-17-32(33)28(36)38-4-2)19-21-18-30(15-13-24(21)39)26(27(35)20-11-12-20)22-8-5-6-9-23(22)29;/h5-6,8-9,16-17,19-20,24,26,39H,3-4,7,10-15,18H2,1-2H3;1H. The third kappa shape index (κ3) is 7.78. The summed E-state index contributed by atoms with van der Waals surface area (Å²) in [5.74, 6) is -0.636. The Morgan fingerprint density at radius 2 is 1.82 bits per heavy atom. The first kappa shape index (κ1) is 31.9. The number of ether oxygens (including phenoxy) is 2. The van der Waals surface area contributed by atoms with Crippen molar-refractivity contribution in [3.8, 4) is 0 Å². The predicted octanol–water partition coefficient (Wildman–Crippen LogP) is 4.88. The zero-order chi connectivity index (χ0) is 27.9. The van der Waals surface area contributed by atoms with Crippen LogP contribution in [0.2, 0.25) is 0 Å². The van der Waals surface area contributed by atoms with E-state index in [-0.39, 0.29) is 54.2 Å². The van der Waals surface area contributed by atoms with Crippen molar-refractivity contribution in [2.24, 2.45) is 5.92 Å². The molecule has 40 heavy (non-hydrogen) atoms. The van der Waals surface area contributed by atoms with Crippen LogP contribution >= 0.6 is 25.0 Å². The van der Waals surface area contributed by atoms with Crippen LogP contribution in [0.4, 0.5) is 9.18 Å². The van der Waals surface area contributed by atoms with Crippen LogP contribution in [0.5, 0.6) is 0 Å². The topological polar surface area (TPSA) is 82.6 Å². The highest BCUT2D eigenvalue weighted by Gasteiger charge is 2.41. The van der Waals surface area contributed by atoms with E-state index in [1.807, 2.05) is 11.1 Å². The van der Waals surface area contributed by atoms with Crippen molar-refractivity contribution in [2.75, 3.05) is 32.8 Å². The molecule has 2 heterocycles. The Labute approximate surface area is 246 Å². The highest BCUT2D eigenvalue weighted by Crippen LogP contribution is 2.39. The average molecular weight is 597 g/mol. The fraction of sp³-hybridized carbons (Fsp3) is 0.536. The van der Waals surface area contributed by atoms with Gasteiger partial charge in [-0.05, 0) is 51.2 Å². The number of amides is 1. The number of hydrazine groups is 2. The number of esters is 1. The van der Waals surface area contributed by atoms with Gasteiger partial charge in [0.05, 0.1) is 19.3 Å². The number of nitrogens with zero attached hydrogens (tertiary/aromatic N) is 4. The Morgan fingerprint density at radius 3 is 2.50 bits per heavy atom. The lowest BCUT2D eigenvalue weighted by molar-refractivity contribution is -0.143. The molecule has 1 aliphatic carbocycles. The van der Waals surface area contributed by atoms with Crippen molar-refractivity contribution >= 4 is 42.9 Å². The highest BCUT2D eigenvalue weighted by molar-refractivity contribution is 7.81. The number of thiol groups is 1. The second kappa shape index (κ2) is 14.9. The van der Waals surface area contributed by atoms with Crippen molar-refractivity contribution in [1.82, 2.24) is 20.0 Å². The van der Waals surface area contributed by atoms with Crippen molar-refractivity contribution in [3.63, 3.8) is 0 Å². The number of ketones is 1. The Balaban J connectivity index is 0.00000441. The Hall–Kier alpha value is -2.60. The normalized spacial score (nSPS) is 21.3. The van der Waals surface area contributed by atoms with E-state index in [1.165, 1.54) is 11.1 Å². The lowest BCUT2D eigenvalue weighted by atomic mass is 9.94. The number of hydrogen-bond acceptors (Lipinski definition) is 9. The zero-order valence-corrected chi connectivity index (χ0v) is 24.6.